The van der Waals surface area contributed by atoms with Crippen LogP contribution in [0.5, 0.6) is 0 Å². The number of nitrogens with one attached hydrogen (secondary N) is 2. The van der Waals surface area contributed by atoms with Crippen LogP contribution < -0.4 is 10.6 Å². The largest absolute Gasteiger partial charge is 0.355 e. The zero-order valence-electron chi connectivity index (χ0n) is 11.0. The van der Waals surface area contributed by atoms with Gasteiger partial charge in [0.05, 0.1) is 0 Å². The van der Waals surface area contributed by atoms with Crippen LogP contribution in [-0.4, -0.2) is 18.9 Å². The summed E-state index contributed by atoms with van der Waals surface area (Å²) in [5, 5.41) is 5.45. The quantitative estimate of drug-likeness (QED) is 0.818. The first-order valence-corrected chi connectivity index (χ1v) is 6.48. The SMILES string of the molecule is CNC(=O)c1ccc(NC(=O)[C@@H]2CC=CCC2)cc1. The van der Waals surface area contributed by atoms with E-state index in [2.05, 4.69) is 22.8 Å². The van der Waals surface area contributed by atoms with E-state index in [0.29, 0.717) is 5.56 Å². The van der Waals surface area contributed by atoms with Gasteiger partial charge in [-0.15, -0.1) is 0 Å². The molecule has 0 unspecified atom stereocenters. The molecule has 0 radical (unpaired) electrons. The Labute approximate surface area is 112 Å². The third-order valence-corrected chi connectivity index (χ3v) is 3.28. The maximum Gasteiger partial charge on any atom is 0.251 e. The smallest absolute Gasteiger partial charge is 0.251 e. The molecule has 2 N–H and O–H groups in total. The van der Waals surface area contributed by atoms with Gasteiger partial charge < -0.3 is 10.6 Å². The Morgan fingerprint density at radius 3 is 2.47 bits per heavy atom. The molecule has 0 heterocycles. The van der Waals surface area contributed by atoms with Crippen LogP contribution in [0.2, 0.25) is 0 Å². The van der Waals surface area contributed by atoms with Crippen LogP contribution in [0, 0.1) is 5.92 Å². The number of rotatable bonds is 3. The van der Waals surface area contributed by atoms with Gasteiger partial charge in [-0.25, -0.2) is 0 Å². The average Bonchev–Trinajstić information content (AvgIpc) is 2.48. The monoisotopic (exact) mass is 258 g/mol. The summed E-state index contributed by atoms with van der Waals surface area (Å²) >= 11 is 0. The summed E-state index contributed by atoms with van der Waals surface area (Å²) in [7, 11) is 1.59. The van der Waals surface area contributed by atoms with E-state index in [1.807, 2.05) is 0 Å². The highest BCUT2D eigenvalue weighted by molar-refractivity contribution is 5.96. The van der Waals surface area contributed by atoms with E-state index >= 15 is 0 Å². The van der Waals surface area contributed by atoms with E-state index in [1.54, 1.807) is 31.3 Å². The first-order chi connectivity index (χ1) is 9.20. The molecule has 1 atom stereocenters. The first kappa shape index (κ1) is 13.3. The molecule has 0 saturated carbocycles. The van der Waals surface area contributed by atoms with Crippen molar-refractivity contribution >= 4 is 17.5 Å². The fourth-order valence-electron chi connectivity index (χ4n) is 2.13. The van der Waals surface area contributed by atoms with Gasteiger partial charge in [-0.2, -0.15) is 0 Å². The van der Waals surface area contributed by atoms with Crippen molar-refractivity contribution < 1.29 is 9.59 Å². The highest BCUT2D eigenvalue weighted by Gasteiger charge is 2.18. The van der Waals surface area contributed by atoms with Crippen molar-refractivity contribution in [1.82, 2.24) is 5.32 Å². The standard InChI is InChI=1S/C15H18N2O2/c1-16-14(18)12-7-9-13(10-8-12)17-15(19)11-5-3-2-4-6-11/h2-3,7-11H,4-6H2,1H3,(H,16,18)(H,17,19)/t11-/m1/s1. The van der Waals surface area contributed by atoms with Crippen LogP contribution in [0.25, 0.3) is 0 Å². The van der Waals surface area contributed by atoms with Crippen molar-refractivity contribution in [2.75, 3.05) is 12.4 Å². The molecule has 4 heteroatoms. The van der Waals surface area contributed by atoms with Crippen LogP contribution in [0.4, 0.5) is 5.69 Å². The normalized spacial score (nSPS) is 17.8. The fraction of sp³-hybridized carbons (Fsp3) is 0.333. The van der Waals surface area contributed by atoms with Crippen LogP contribution in [0.3, 0.4) is 0 Å². The van der Waals surface area contributed by atoms with Gasteiger partial charge in [0.1, 0.15) is 0 Å². The van der Waals surface area contributed by atoms with Crippen molar-refractivity contribution in [3.05, 3.63) is 42.0 Å². The van der Waals surface area contributed by atoms with Crippen molar-refractivity contribution in [3.63, 3.8) is 0 Å². The number of allylic oxidation sites excluding steroid dienone is 2. The third kappa shape index (κ3) is 3.44. The molecule has 0 bridgehead atoms. The molecule has 1 aromatic carbocycles. The second kappa shape index (κ2) is 6.18. The topological polar surface area (TPSA) is 58.2 Å². The van der Waals surface area contributed by atoms with E-state index in [-0.39, 0.29) is 17.7 Å². The molecule has 2 rings (SSSR count). The van der Waals surface area contributed by atoms with E-state index in [4.69, 9.17) is 0 Å². The Morgan fingerprint density at radius 2 is 1.89 bits per heavy atom. The third-order valence-electron chi connectivity index (χ3n) is 3.28. The zero-order chi connectivity index (χ0) is 13.7. The number of amides is 2. The number of carbonyl (C=O) groups excluding carboxylic acids is 2. The minimum absolute atomic E-state index is 0.0528. The molecule has 1 aliphatic carbocycles. The molecule has 2 amide bonds. The van der Waals surface area contributed by atoms with Crippen molar-refractivity contribution in [2.24, 2.45) is 5.92 Å². The van der Waals surface area contributed by atoms with E-state index in [9.17, 15) is 9.59 Å². The average molecular weight is 258 g/mol. The summed E-state index contributed by atoms with van der Waals surface area (Å²) in [4.78, 5) is 23.4. The van der Waals surface area contributed by atoms with Gasteiger partial charge in [-0.1, -0.05) is 12.2 Å². The van der Waals surface area contributed by atoms with Gasteiger partial charge >= 0.3 is 0 Å². The van der Waals surface area contributed by atoms with Gasteiger partial charge in [0.2, 0.25) is 5.91 Å². The maximum absolute atomic E-state index is 12.0. The molecule has 19 heavy (non-hydrogen) atoms. The van der Waals surface area contributed by atoms with Crippen molar-refractivity contribution in [1.29, 1.82) is 0 Å². The summed E-state index contributed by atoms with van der Waals surface area (Å²) in [6, 6.07) is 6.91. The summed E-state index contributed by atoms with van der Waals surface area (Å²) in [5.41, 5.74) is 1.31. The number of anilines is 1. The molecular weight excluding hydrogens is 240 g/mol. The Balaban J connectivity index is 1.97. The number of hydrogen-bond donors (Lipinski definition) is 2. The summed E-state index contributed by atoms with van der Waals surface area (Å²) < 4.78 is 0. The van der Waals surface area contributed by atoms with Crippen LogP contribution in [0.15, 0.2) is 36.4 Å². The molecule has 0 spiro atoms. The molecule has 0 saturated heterocycles. The van der Waals surface area contributed by atoms with Gasteiger partial charge in [0.15, 0.2) is 0 Å². The highest BCUT2D eigenvalue weighted by atomic mass is 16.2. The van der Waals surface area contributed by atoms with E-state index in [0.717, 1.165) is 24.9 Å². The van der Waals surface area contributed by atoms with Crippen LogP contribution in [-0.2, 0) is 4.79 Å². The zero-order valence-corrected chi connectivity index (χ0v) is 11.0. The Bertz CT molecular complexity index is 491. The number of carbonyl (C=O) groups is 2. The molecule has 1 aliphatic rings. The lowest BCUT2D eigenvalue weighted by Gasteiger charge is -2.17. The summed E-state index contributed by atoms with van der Waals surface area (Å²) in [6.07, 6.45) is 6.85. The minimum Gasteiger partial charge on any atom is -0.355 e. The lowest BCUT2D eigenvalue weighted by molar-refractivity contribution is -0.120. The molecule has 4 nitrogen and oxygen atoms in total. The second-order valence-electron chi connectivity index (χ2n) is 4.63. The number of benzene rings is 1. The molecule has 0 aromatic heterocycles. The molecule has 0 fully saturated rings. The first-order valence-electron chi connectivity index (χ1n) is 6.48. The summed E-state index contributed by atoms with van der Waals surface area (Å²) in [6.45, 7) is 0. The van der Waals surface area contributed by atoms with Gasteiger partial charge in [-0.3, -0.25) is 9.59 Å². The lowest BCUT2D eigenvalue weighted by Crippen LogP contribution is -2.23. The van der Waals surface area contributed by atoms with Gasteiger partial charge in [-0.05, 0) is 43.5 Å². The van der Waals surface area contributed by atoms with Crippen LogP contribution >= 0.6 is 0 Å². The van der Waals surface area contributed by atoms with Crippen molar-refractivity contribution in [2.45, 2.75) is 19.3 Å². The predicted molar refractivity (Wildman–Crippen MR) is 74.9 cm³/mol. The molecule has 1 aromatic rings. The molecule has 100 valence electrons. The molecule has 0 aliphatic heterocycles. The Hall–Kier alpha value is -2.10. The Kier molecular flexibility index (Phi) is 4.34. The Morgan fingerprint density at radius 1 is 1.16 bits per heavy atom. The lowest BCUT2D eigenvalue weighted by atomic mass is 9.93. The van der Waals surface area contributed by atoms with Crippen molar-refractivity contribution in [3.8, 4) is 0 Å². The highest BCUT2D eigenvalue weighted by Crippen LogP contribution is 2.20. The van der Waals surface area contributed by atoms with E-state index in [1.165, 1.54) is 0 Å². The van der Waals surface area contributed by atoms with Gasteiger partial charge in [0, 0.05) is 24.2 Å². The van der Waals surface area contributed by atoms with Gasteiger partial charge in [0.25, 0.3) is 5.91 Å². The minimum atomic E-state index is -0.129. The molecular formula is C15H18N2O2. The maximum atomic E-state index is 12.0. The second-order valence-corrected chi connectivity index (χ2v) is 4.63. The number of hydrogen-bond acceptors (Lipinski definition) is 2. The summed E-state index contributed by atoms with van der Waals surface area (Å²) in [5.74, 6) is -0.0176. The van der Waals surface area contributed by atoms with E-state index < -0.39 is 0 Å². The van der Waals surface area contributed by atoms with Crippen LogP contribution in [0.1, 0.15) is 29.6 Å². The predicted octanol–water partition coefficient (Wildman–Crippen LogP) is 2.34. The fourth-order valence-corrected chi connectivity index (χ4v) is 2.13.